The highest BCUT2D eigenvalue weighted by atomic mass is 16.5. The zero-order chi connectivity index (χ0) is 8.10. The minimum atomic E-state index is 0.498. The van der Waals surface area contributed by atoms with E-state index in [0.29, 0.717) is 6.61 Å². The molecular weight excluding hydrogens is 136 g/mol. The van der Waals surface area contributed by atoms with Crippen molar-refractivity contribution in [3.8, 4) is 12.5 Å². The molecule has 0 radical (unpaired) electrons. The lowest BCUT2D eigenvalue weighted by atomic mass is 10.1. The Morgan fingerprint density at radius 1 is 1.55 bits per heavy atom. The van der Waals surface area contributed by atoms with Gasteiger partial charge in [0.15, 0.2) is 0 Å². The molecule has 0 spiro atoms. The predicted molar refractivity (Wildman–Crippen MR) is 44.8 cm³/mol. The van der Waals surface area contributed by atoms with Crippen LogP contribution in [0.5, 0.6) is 0 Å². The standard InChI is InChI=1S/C10H10O/c1-3-11-8-10-6-4-5-9(2)7-10/h1,4-7H,8H2,2H3. The molecule has 0 unspecified atom stereocenters. The monoisotopic (exact) mass is 146 g/mol. The van der Waals surface area contributed by atoms with Crippen LogP contribution in [0.25, 0.3) is 0 Å². The van der Waals surface area contributed by atoms with Gasteiger partial charge in [0.25, 0.3) is 0 Å². The van der Waals surface area contributed by atoms with Gasteiger partial charge >= 0.3 is 0 Å². The van der Waals surface area contributed by atoms with Crippen LogP contribution >= 0.6 is 0 Å². The van der Waals surface area contributed by atoms with Crippen molar-refractivity contribution in [3.63, 3.8) is 0 Å². The van der Waals surface area contributed by atoms with Gasteiger partial charge in [0.05, 0.1) is 0 Å². The fourth-order valence-corrected chi connectivity index (χ4v) is 0.927. The van der Waals surface area contributed by atoms with E-state index in [4.69, 9.17) is 11.2 Å². The molecule has 1 aromatic carbocycles. The first-order chi connectivity index (χ1) is 5.33. The van der Waals surface area contributed by atoms with Crippen LogP contribution in [0.1, 0.15) is 11.1 Å². The first-order valence-corrected chi connectivity index (χ1v) is 3.46. The third-order valence-electron chi connectivity index (χ3n) is 1.40. The zero-order valence-corrected chi connectivity index (χ0v) is 6.50. The molecule has 0 N–H and O–H groups in total. The van der Waals surface area contributed by atoms with E-state index in [1.165, 1.54) is 5.56 Å². The average Bonchev–Trinajstić information content (AvgIpc) is 2.01. The second-order valence-corrected chi connectivity index (χ2v) is 2.40. The molecule has 0 aromatic heterocycles. The van der Waals surface area contributed by atoms with Gasteiger partial charge in [0, 0.05) is 0 Å². The van der Waals surface area contributed by atoms with Crippen LogP contribution < -0.4 is 0 Å². The molecule has 1 aromatic rings. The van der Waals surface area contributed by atoms with Crippen LogP contribution in [0.3, 0.4) is 0 Å². The summed E-state index contributed by atoms with van der Waals surface area (Å²) in [5.41, 5.74) is 2.34. The first-order valence-electron chi connectivity index (χ1n) is 3.46. The van der Waals surface area contributed by atoms with Gasteiger partial charge in [-0.2, -0.15) is 0 Å². The van der Waals surface area contributed by atoms with Crippen molar-refractivity contribution in [1.29, 1.82) is 0 Å². The summed E-state index contributed by atoms with van der Waals surface area (Å²) in [6, 6.07) is 8.07. The lowest BCUT2D eigenvalue weighted by molar-refractivity contribution is 0.265. The van der Waals surface area contributed by atoms with Crippen LogP contribution in [-0.4, -0.2) is 0 Å². The molecule has 11 heavy (non-hydrogen) atoms. The van der Waals surface area contributed by atoms with E-state index in [9.17, 15) is 0 Å². The first kappa shape index (κ1) is 7.68. The third-order valence-corrected chi connectivity index (χ3v) is 1.40. The Morgan fingerprint density at radius 2 is 2.36 bits per heavy atom. The summed E-state index contributed by atoms with van der Waals surface area (Å²) in [5.74, 6) is 0. The Balaban J connectivity index is 2.65. The van der Waals surface area contributed by atoms with Gasteiger partial charge in [-0.05, 0) is 12.5 Å². The fourth-order valence-electron chi connectivity index (χ4n) is 0.927. The number of hydrogen-bond donors (Lipinski definition) is 0. The lowest BCUT2D eigenvalue weighted by Gasteiger charge is -1.98. The van der Waals surface area contributed by atoms with Crippen molar-refractivity contribution >= 4 is 0 Å². The Labute approximate surface area is 67.0 Å². The topological polar surface area (TPSA) is 9.23 Å². The zero-order valence-electron chi connectivity index (χ0n) is 6.50. The van der Waals surface area contributed by atoms with Crippen LogP contribution in [0, 0.1) is 19.5 Å². The molecule has 0 heterocycles. The third kappa shape index (κ3) is 2.35. The Morgan fingerprint density at radius 3 is 3.00 bits per heavy atom. The number of hydrogen-bond acceptors (Lipinski definition) is 1. The summed E-state index contributed by atoms with van der Waals surface area (Å²) >= 11 is 0. The normalized spacial score (nSPS) is 8.73. The van der Waals surface area contributed by atoms with Gasteiger partial charge < -0.3 is 4.74 Å². The van der Waals surface area contributed by atoms with E-state index >= 15 is 0 Å². The number of terminal acetylenes is 1. The van der Waals surface area contributed by atoms with Crippen molar-refractivity contribution < 1.29 is 4.74 Å². The largest absolute Gasteiger partial charge is 0.442 e. The van der Waals surface area contributed by atoms with Crippen molar-refractivity contribution in [2.24, 2.45) is 0 Å². The fraction of sp³-hybridized carbons (Fsp3) is 0.200. The highest BCUT2D eigenvalue weighted by Gasteiger charge is 1.90. The molecule has 1 rings (SSSR count). The molecule has 0 atom stereocenters. The molecule has 56 valence electrons. The Hall–Kier alpha value is -1.42. The number of rotatable bonds is 2. The molecular formula is C10H10O. The van der Waals surface area contributed by atoms with E-state index < -0.39 is 0 Å². The van der Waals surface area contributed by atoms with Crippen LogP contribution in [-0.2, 0) is 11.3 Å². The summed E-state index contributed by atoms with van der Waals surface area (Å²) in [4.78, 5) is 0. The molecule has 0 aliphatic rings. The predicted octanol–water partition coefficient (Wildman–Crippen LogP) is 2.10. The van der Waals surface area contributed by atoms with E-state index in [1.807, 2.05) is 25.1 Å². The van der Waals surface area contributed by atoms with Gasteiger partial charge in [0.1, 0.15) is 12.7 Å². The molecule has 0 saturated carbocycles. The van der Waals surface area contributed by atoms with Gasteiger partial charge in [0.2, 0.25) is 0 Å². The van der Waals surface area contributed by atoms with Crippen molar-refractivity contribution in [3.05, 3.63) is 35.4 Å². The quantitative estimate of drug-likeness (QED) is 0.580. The van der Waals surface area contributed by atoms with E-state index in [0.717, 1.165) is 5.56 Å². The maximum Gasteiger partial charge on any atom is 0.125 e. The van der Waals surface area contributed by atoms with Gasteiger partial charge in [-0.25, -0.2) is 0 Å². The number of aryl methyl sites for hydroxylation is 1. The summed E-state index contributed by atoms with van der Waals surface area (Å²) in [6.07, 6.45) is 7.08. The molecule has 0 saturated heterocycles. The van der Waals surface area contributed by atoms with Gasteiger partial charge in [-0.15, -0.1) is 0 Å². The molecule has 1 nitrogen and oxygen atoms in total. The molecule has 0 aliphatic carbocycles. The molecule has 0 fully saturated rings. The Bertz CT molecular complexity index is 270. The van der Waals surface area contributed by atoms with Crippen molar-refractivity contribution in [1.82, 2.24) is 0 Å². The summed E-state index contributed by atoms with van der Waals surface area (Å²) in [6.45, 7) is 2.54. The SMILES string of the molecule is C#COCc1cccc(C)c1. The molecule has 1 heteroatoms. The highest BCUT2D eigenvalue weighted by Crippen LogP contribution is 2.04. The van der Waals surface area contributed by atoms with E-state index in [2.05, 4.69) is 12.2 Å². The van der Waals surface area contributed by atoms with Crippen LogP contribution in [0.2, 0.25) is 0 Å². The maximum absolute atomic E-state index is 4.94. The summed E-state index contributed by atoms with van der Waals surface area (Å²) in [7, 11) is 0. The second kappa shape index (κ2) is 3.68. The minimum absolute atomic E-state index is 0.498. The smallest absolute Gasteiger partial charge is 0.125 e. The van der Waals surface area contributed by atoms with Crippen molar-refractivity contribution in [2.75, 3.05) is 0 Å². The van der Waals surface area contributed by atoms with E-state index in [1.54, 1.807) is 0 Å². The molecule has 0 amide bonds. The lowest BCUT2D eigenvalue weighted by Crippen LogP contribution is -1.86. The maximum atomic E-state index is 4.94. The van der Waals surface area contributed by atoms with Crippen LogP contribution in [0.15, 0.2) is 24.3 Å². The minimum Gasteiger partial charge on any atom is -0.442 e. The Kier molecular flexibility index (Phi) is 2.57. The van der Waals surface area contributed by atoms with Crippen LogP contribution in [0.4, 0.5) is 0 Å². The molecule has 0 bridgehead atoms. The van der Waals surface area contributed by atoms with Crippen molar-refractivity contribution in [2.45, 2.75) is 13.5 Å². The average molecular weight is 146 g/mol. The number of ether oxygens (including phenoxy) is 1. The van der Waals surface area contributed by atoms with Gasteiger partial charge in [-0.3, -0.25) is 0 Å². The highest BCUT2D eigenvalue weighted by molar-refractivity contribution is 5.21. The van der Waals surface area contributed by atoms with Gasteiger partial charge in [-0.1, -0.05) is 36.3 Å². The molecule has 0 aliphatic heterocycles. The second-order valence-electron chi connectivity index (χ2n) is 2.40. The number of benzene rings is 1. The van der Waals surface area contributed by atoms with E-state index in [-0.39, 0.29) is 0 Å². The summed E-state index contributed by atoms with van der Waals surface area (Å²) < 4.78 is 4.80. The summed E-state index contributed by atoms with van der Waals surface area (Å²) in [5, 5.41) is 0.